The zero-order valence-electron chi connectivity index (χ0n) is 8.85. The fourth-order valence-corrected chi connectivity index (χ4v) is 3.02. The van der Waals surface area contributed by atoms with Crippen LogP contribution >= 0.6 is 15.9 Å². The molecule has 4 heteroatoms. The molecule has 1 aromatic carbocycles. The molecule has 0 saturated carbocycles. The third-order valence-electron chi connectivity index (χ3n) is 3.59. The Bertz CT molecular complexity index is 452. The maximum Gasteiger partial charge on any atom is 0.236 e. The van der Waals surface area contributed by atoms with Gasteiger partial charge in [0.2, 0.25) is 5.91 Å². The zero-order valence-corrected chi connectivity index (χ0v) is 10.4. The molecule has 2 aliphatic heterocycles. The summed E-state index contributed by atoms with van der Waals surface area (Å²) in [6.45, 7) is 1.69. The van der Waals surface area contributed by atoms with E-state index in [1.807, 2.05) is 0 Å². The van der Waals surface area contributed by atoms with E-state index in [0.29, 0.717) is 0 Å². The molecular formula is C12H13BrN2O. The molecule has 3 nitrogen and oxygen atoms in total. The molecule has 3 rings (SSSR count). The maximum absolute atomic E-state index is 12.1. The Kier molecular flexibility index (Phi) is 2.30. The van der Waals surface area contributed by atoms with Crippen molar-refractivity contribution in [1.82, 2.24) is 5.32 Å². The average molecular weight is 281 g/mol. The summed E-state index contributed by atoms with van der Waals surface area (Å²) in [4.78, 5) is 12.1. The van der Waals surface area contributed by atoms with E-state index >= 15 is 0 Å². The van der Waals surface area contributed by atoms with Crippen LogP contribution in [0.5, 0.6) is 0 Å². The molecule has 2 aliphatic rings. The van der Waals surface area contributed by atoms with Gasteiger partial charge >= 0.3 is 0 Å². The number of halogens is 1. The molecule has 1 spiro atoms. The van der Waals surface area contributed by atoms with Crippen LogP contribution in [0.25, 0.3) is 0 Å². The Morgan fingerprint density at radius 1 is 1.44 bits per heavy atom. The number of alkyl halides is 1. The molecule has 0 bridgehead atoms. The molecule has 16 heavy (non-hydrogen) atoms. The van der Waals surface area contributed by atoms with Gasteiger partial charge < -0.3 is 10.6 Å². The van der Waals surface area contributed by atoms with Crippen LogP contribution in [-0.2, 0) is 15.5 Å². The van der Waals surface area contributed by atoms with E-state index in [1.165, 1.54) is 5.56 Å². The number of carbonyl (C=O) groups excluding carboxylic acids is 1. The predicted octanol–water partition coefficient (Wildman–Crippen LogP) is 1.76. The summed E-state index contributed by atoms with van der Waals surface area (Å²) in [5, 5.41) is 7.11. The number of carbonyl (C=O) groups is 1. The topological polar surface area (TPSA) is 41.1 Å². The highest BCUT2D eigenvalue weighted by atomic mass is 79.9. The minimum atomic E-state index is -0.305. The number of rotatable bonds is 1. The molecule has 84 valence electrons. The monoisotopic (exact) mass is 280 g/mol. The van der Waals surface area contributed by atoms with Gasteiger partial charge in [0.25, 0.3) is 0 Å². The second-order valence-corrected chi connectivity index (χ2v) is 5.04. The van der Waals surface area contributed by atoms with Crippen LogP contribution in [0.15, 0.2) is 18.2 Å². The fraction of sp³-hybridized carbons (Fsp3) is 0.417. The van der Waals surface area contributed by atoms with Crippen LogP contribution in [0.3, 0.4) is 0 Å². The first kappa shape index (κ1) is 10.3. The second kappa shape index (κ2) is 3.57. The molecule has 0 aromatic heterocycles. The first-order valence-electron chi connectivity index (χ1n) is 5.48. The standard InChI is InChI=1S/C12H13BrN2O/c13-6-8-1-2-9-10(5-8)15-11(16)12(9)3-4-14-7-12/h1-2,5,14H,3-4,6-7H2,(H,15,16). The van der Waals surface area contributed by atoms with Gasteiger partial charge in [0.05, 0.1) is 5.41 Å². The van der Waals surface area contributed by atoms with Crippen molar-refractivity contribution in [3.8, 4) is 0 Å². The maximum atomic E-state index is 12.1. The first-order valence-corrected chi connectivity index (χ1v) is 6.60. The Morgan fingerprint density at radius 2 is 2.31 bits per heavy atom. The number of fused-ring (bicyclic) bond motifs is 2. The average Bonchev–Trinajstić information content (AvgIpc) is 2.88. The van der Waals surface area contributed by atoms with Gasteiger partial charge in [-0.2, -0.15) is 0 Å². The van der Waals surface area contributed by atoms with Gasteiger partial charge in [0, 0.05) is 17.6 Å². The highest BCUT2D eigenvalue weighted by molar-refractivity contribution is 9.08. The molecule has 2 N–H and O–H groups in total. The van der Waals surface area contributed by atoms with Crippen LogP contribution in [0.4, 0.5) is 5.69 Å². The van der Waals surface area contributed by atoms with Crippen molar-refractivity contribution >= 4 is 27.5 Å². The lowest BCUT2D eigenvalue weighted by atomic mass is 9.81. The van der Waals surface area contributed by atoms with Crippen LogP contribution < -0.4 is 10.6 Å². The summed E-state index contributed by atoms with van der Waals surface area (Å²) < 4.78 is 0. The largest absolute Gasteiger partial charge is 0.325 e. The van der Waals surface area contributed by atoms with Crippen LogP contribution in [-0.4, -0.2) is 19.0 Å². The van der Waals surface area contributed by atoms with E-state index in [1.54, 1.807) is 0 Å². The molecule has 0 radical (unpaired) electrons. The molecular weight excluding hydrogens is 268 g/mol. The van der Waals surface area contributed by atoms with Crippen molar-refractivity contribution in [1.29, 1.82) is 0 Å². The van der Waals surface area contributed by atoms with E-state index in [9.17, 15) is 4.79 Å². The minimum Gasteiger partial charge on any atom is -0.325 e. The second-order valence-electron chi connectivity index (χ2n) is 4.48. The van der Waals surface area contributed by atoms with Gasteiger partial charge in [0.1, 0.15) is 0 Å². The number of anilines is 1. The Morgan fingerprint density at radius 3 is 3.00 bits per heavy atom. The zero-order chi connectivity index (χ0) is 11.2. The molecule has 1 saturated heterocycles. The van der Waals surface area contributed by atoms with Gasteiger partial charge in [-0.15, -0.1) is 0 Å². The summed E-state index contributed by atoms with van der Waals surface area (Å²) in [5.74, 6) is 0.152. The molecule has 1 fully saturated rings. The number of benzene rings is 1. The highest BCUT2D eigenvalue weighted by Gasteiger charge is 2.48. The van der Waals surface area contributed by atoms with E-state index in [-0.39, 0.29) is 11.3 Å². The van der Waals surface area contributed by atoms with Gasteiger partial charge in [-0.25, -0.2) is 0 Å². The summed E-state index contributed by atoms with van der Waals surface area (Å²) in [6, 6.07) is 6.25. The third-order valence-corrected chi connectivity index (χ3v) is 4.24. The van der Waals surface area contributed by atoms with Crippen molar-refractivity contribution in [3.63, 3.8) is 0 Å². The summed E-state index contributed by atoms with van der Waals surface area (Å²) >= 11 is 3.43. The van der Waals surface area contributed by atoms with Crippen LogP contribution in [0.1, 0.15) is 17.5 Å². The van der Waals surface area contributed by atoms with E-state index in [2.05, 4.69) is 44.8 Å². The molecule has 2 heterocycles. The highest BCUT2D eigenvalue weighted by Crippen LogP contribution is 2.42. The Labute approximate surface area is 103 Å². The molecule has 1 amide bonds. The molecule has 0 aliphatic carbocycles. The van der Waals surface area contributed by atoms with Crippen molar-refractivity contribution in [2.24, 2.45) is 0 Å². The van der Waals surface area contributed by atoms with Crippen LogP contribution in [0, 0.1) is 0 Å². The molecule has 1 unspecified atom stereocenters. The van der Waals surface area contributed by atoms with Gasteiger partial charge in [-0.05, 0) is 30.2 Å². The quantitative estimate of drug-likeness (QED) is 0.770. The first-order chi connectivity index (χ1) is 7.76. The van der Waals surface area contributed by atoms with Gasteiger partial charge in [0.15, 0.2) is 0 Å². The Balaban J connectivity index is 2.11. The number of hydrogen-bond donors (Lipinski definition) is 2. The lowest BCUT2D eigenvalue weighted by Gasteiger charge is -2.19. The predicted molar refractivity (Wildman–Crippen MR) is 66.9 cm³/mol. The SMILES string of the molecule is O=C1Nc2cc(CBr)ccc2C12CCNC2. The van der Waals surface area contributed by atoms with E-state index < -0.39 is 0 Å². The van der Waals surface area contributed by atoms with Crippen molar-refractivity contribution in [3.05, 3.63) is 29.3 Å². The summed E-state index contributed by atoms with van der Waals surface area (Å²) in [7, 11) is 0. The van der Waals surface area contributed by atoms with Gasteiger partial charge in [-0.1, -0.05) is 28.1 Å². The van der Waals surface area contributed by atoms with Crippen molar-refractivity contribution < 1.29 is 4.79 Å². The normalized spacial score (nSPS) is 27.2. The van der Waals surface area contributed by atoms with Crippen LogP contribution in [0.2, 0.25) is 0 Å². The van der Waals surface area contributed by atoms with Gasteiger partial charge in [-0.3, -0.25) is 4.79 Å². The number of amides is 1. The number of nitrogens with one attached hydrogen (secondary N) is 2. The third kappa shape index (κ3) is 1.26. The lowest BCUT2D eigenvalue weighted by Crippen LogP contribution is -2.36. The number of hydrogen-bond acceptors (Lipinski definition) is 2. The van der Waals surface area contributed by atoms with E-state index in [0.717, 1.165) is 36.1 Å². The summed E-state index contributed by atoms with van der Waals surface area (Å²) in [5.41, 5.74) is 3.04. The summed E-state index contributed by atoms with van der Waals surface area (Å²) in [6.07, 6.45) is 0.902. The minimum absolute atomic E-state index is 0.152. The molecule has 1 atom stereocenters. The van der Waals surface area contributed by atoms with Crippen molar-refractivity contribution in [2.75, 3.05) is 18.4 Å². The van der Waals surface area contributed by atoms with Crippen molar-refractivity contribution in [2.45, 2.75) is 17.2 Å². The van der Waals surface area contributed by atoms with E-state index in [4.69, 9.17) is 0 Å². The fourth-order valence-electron chi connectivity index (χ4n) is 2.68. The Hall–Kier alpha value is -0.870. The molecule has 1 aromatic rings. The smallest absolute Gasteiger partial charge is 0.236 e. The lowest BCUT2D eigenvalue weighted by molar-refractivity contribution is -0.120.